The number of carbonyl (C=O) groups excluding carboxylic acids is 2. The number of carbonyl (C=O) groups is 2. The highest BCUT2D eigenvalue weighted by Gasteiger charge is 2.14. The first-order valence-corrected chi connectivity index (χ1v) is 12.4. The summed E-state index contributed by atoms with van der Waals surface area (Å²) in [5.41, 5.74) is 1.79. The largest absolute Gasteiger partial charge is 0.497 e. The maximum atomic E-state index is 12.3. The minimum atomic E-state index is -0.319. The van der Waals surface area contributed by atoms with Gasteiger partial charge >= 0.3 is 0 Å². The number of benzene rings is 2. The molecular weight excluding hydrogens is 460 g/mol. The molecule has 0 atom stereocenters. The van der Waals surface area contributed by atoms with Crippen LogP contribution < -0.4 is 20.1 Å². The van der Waals surface area contributed by atoms with E-state index < -0.39 is 0 Å². The molecule has 1 heterocycles. The molecule has 3 rings (SSSR count). The van der Waals surface area contributed by atoms with E-state index in [1.165, 1.54) is 23.1 Å². The lowest BCUT2D eigenvalue weighted by Crippen LogP contribution is -2.27. The SMILES string of the molecule is CCOc1ccc(CCNC(=O)CSCc2nnc(C(=O)Nc3ccc(OC)cc3)s2)cc1. The third kappa shape index (κ3) is 8.07. The highest BCUT2D eigenvalue weighted by atomic mass is 32.2. The monoisotopic (exact) mass is 486 g/mol. The Morgan fingerprint density at radius 1 is 1.03 bits per heavy atom. The van der Waals surface area contributed by atoms with Crippen LogP contribution in [0.15, 0.2) is 48.5 Å². The van der Waals surface area contributed by atoms with Crippen LogP contribution in [-0.4, -0.2) is 48.0 Å². The minimum Gasteiger partial charge on any atom is -0.497 e. The highest BCUT2D eigenvalue weighted by molar-refractivity contribution is 7.99. The number of rotatable bonds is 12. The van der Waals surface area contributed by atoms with Gasteiger partial charge in [-0.1, -0.05) is 23.5 Å². The third-order valence-corrected chi connectivity index (χ3v) is 6.49. The lowest BCUT2D eigenvalue weighted by Gasteiger charge is -2.06. The van der Waals surface area contributed by atoms with Crippen LogP contribution in [0.2, 0.25) is 0 Å². The summed E-state index contributed by atoms with van der Waals surface area (Å²) in [6.07, 6.45) is 0.756. The lowest BCUT2D eigenvalue weighted by molar-refractivity contribution is -0.118. The summed E-state index contributed by atoms with van der Waals surface area (Å²) in [6.45, 7) is 3.16. The zero-order valence-electron chi connectivity index (χ0n) is 18.5. The molecule has 10 heteroatoms. The van der Waals surface area contributed by atoms with Gasteiger partial charge in [-0.15, -0.1) is 22.0 Å². The van der Waals surface area contributed by atoms with Gasteiger partial charge in [0, 0.05) is 18.0 Å². The van der Waals surface area contributed by atoms with Crippen molar-refractivity contribution in [3.05, 3.63) is 64.1 Å². The molecule has 3 aromatic rings. The fourth-order valence-electron chi connectivity index (χ4n) is 2.81. The van der Waals surface area contributed by atoms with Gasteiger partial charge in [0.25, 0.3) is 5.91 Å². The molecule has 0 saturated carbocycles. The molecule has 174 valence electrons. The molecule has 0 aliphatic heterocycles. The van der Waals surface area contributed by atoms with Crippen LogP contribution in [0, 0.1) is 0 Å². The van der Waals surface area contributed by atoms with Crippen LogP contribution in [0.3, 0.4) is 0 Å². The van der Waals surface area contributed by atoms with E-state index in [0.717, 1.165) is 17.7 Å². The van der Waals surface area contributed by atoms with Crippen LogP contribution in [0.25, 0.3) is 0 Å². The molecule has 2 aromatic carbocycles. The molecule has 0 radical (unpaired) electrons. The molecule has 0 saturated heterocycles. The average molecular weight is 487 g/mol. The molecule has 2 amide bonds. The average Bonchev–Trinajstić information content (AvgIpc) is 3.30. The van der Waals surface area contributed by atoms with Crippen molar-refractivity contribution in [2.24, 2.45) is 0 Å². The van der Waals surface area contributed by atoms with Crippen molar-refractivity contribution in [1.82, 2.24) is 15.5 Å². The Kier molecular flexibility index (Phi) is 9.52. The zero-order valence-corrected chi connectivity index (χ0v) is 20.1. The number of nitrogens with one attached hydrogen (secondary N) is 2. The van der Waals surface area contributed by atoms with Gasteiger partial charge in [0.05, 0.1) is 19.5 Å². The van der Waals surface area contributed by atoms with Gasteiger partial charge in [0.2, 0.25) is 10.9 Å². The van der Waals surface area contributed by atoms with Crippen molar-refractivity contribution in [3.8, 4) is 11.5 Å². The summed E-state index contributed by atoms with van der Waals surface area (Å²) in [4.78, 5) is 24.4. The van der Waals surface area contributed by atoms with Crippen LogP contribution >= 0.6 is 23.1 Å². The summed E-state index contributed by atoms with van der Waals surface area (Å²) >= 11 is 2.65. The third-order valence-electron chi connectivity index (χ3n) is 4.44. The molecular formula is C23H26N4O4S2. The fraction of sp³-hybridized carbons (Fsp3) is 0.304. The molecule has 8 nitrogen and oxygen atoms in total. The number of ether oxygens (including phenoxy) is 2. The van der Waals surface area contributed by atoms with Gasteiger partial charge in [-0.25, -0.2) is 0 Å². The molecule has 0 spiro atoms. The number of thioether (sulfide) groups is 1. The van der Waals surface area contributed by atoms with Crippen molar-refractivity contribution >= 4 is 40.6 Å². The Bertz CT molecular complexity index is 1040. The quantitative estimate of drug-likeness (QED) is 0.402. The van der Waals surface area contributed by atoms with E-state index in [1.807, 2.05) is 31.2 Å². The maximum Gasteiger partial charge on any atom is 0.286 e. The number of methoxy groups -OCH3 is 1. The number of hydrogen-bond donors (Lipinski definition) is 2. The first-order valence-electron chi connectivity index (χ1n) is 10.4. The summed E-state index contributed by atoms with van der Waals surface area (Å²) in [6, 6.07) is 14.9. The molecule has 0 bridgehead atoms. The summed E-state index contributed by atoms with van der Waals surface area (Å²) < 4.78 is 10.5. The van der Waals surface area contributed by atoms with Crippen molar-refractivity contribution in [2.45, 2.75) is 19.1 Å². The first-order chi connectivity index (χ1) is 16.1. The normalized spacial score (nSPS) is 10.5. The fourth-order valence-corrected chi connectivity index (χ4v) is 4.45. The topological polar surface area (TPSA) is 102 Å². The standard InChI is InChI=1S/C23H26N4O4S2/c1-3-31-19-8-4-16(5-9-19)12-13-24-20(28)14-32-15-21-26-27-23(33-21)22(29)25-17-6-10-18(30-2)11-7-17/h4-11H,3,12-15H2,1-2H3,(H,24,28)(H,25,29). The van der Waals surface area contributed by atoms with E-state index in [4.69, 9.17) is 9.47 Å². The minimum absolute atomic E-state index is 0.0343. The molecule has 33 heavy (non-hydrogen) atoms. The van der Waals surface area contributed by atoms with E-state index in [9.17, 15) is 9.59 Å². The second-order valence-electron chi connectivity index (χ2n) is 6.85. The van der Waals surface area contributed by atoms with E-state index >= 15 is 0 Å². The maximum absolute atomic E-state index is 12.3. The zero-order chi connectivity index (χ0) is 23.5. The predicted octanol–water partition coefficient (Wildman–Crippen LogP) is 3.79. The van der Waals surface area contributed by atoms with Crippen molar-refractivity contribution in [1.29, 1.82) is 0 Å². The van der Waals surface area contributed by atoms with Crippen LogP contribution in [0.4, 0.5) is 5.69 Å². The van der Waals surface area contributed by atoms with E-state index in [2.05, 4.69) is 20.8 Å². The Balaban J connectivity index is 1.34. The Morgan fingerprint density at radius 3 is 2.45 bits per heavy atom. The number of nitrogens with zero attached hydrogens (tertiary/aromatic N) is 2. The first kappa shape index (κ1) is 24.5. The second kappa shape index (κ2) is 12.8. The Labute approximate surface area is 201 Å². The molecule has 0 unspecified atom stereocenters. The number of anilines is 1. The molecule has 0 fully saturated rings. The highest BCUT2D eigenvalue weighted by Crippen LogP contribution is 2.19. The second-order valence-corrected chi connectivity index (χ2v) is 8.90. The van der Waals surface area contributed by atoms with Crippen molar-refractivity contribution in [3.63, 3.8) is 0 Å². The van der Waals surface area contributed by atoms with Gasteiger partial charge in [0.15, 0.2) is 0 Å². The molecule has 1 aromatic heterocycles. The Hall–Kier alpha value is -3.11. The van der Waals surface area contributed by atoms with E-state index in [1.54, 1.807) is 31.4 Å². The summed E-state index contributed by atoms with van der Waals surface area (Å²) in [5, 5.41) is 14.7. The predicted molar refractivity (Wildman–Crippen MR) is 131 cm³/mol. The summed E-state index contributed by atoms with van der Waals surface area (Å²) in [7, 11) is 1.58. The number of aromatic nitrogens is 2. The summed E-state index contributed by atoms with van der Waals surface area (Å²) in [5.74, 6) is 2.03. The van der Waals surface area contributed by atoms with Crippen LogP contribution in [0.5, 0.6) is 11.5 Å². The van der Waals surface area contributed by atoms with Gasteiger partial charge in [-0.2, -0.15) is 0 Å². The van der Waals surface area contributed by atoms with Crippen LogP contribution in [0.1, 0.15) is 27.3 Å². The van der Waals surface area contributed by atoms with E-state index in [-0.39, 0.29) is 16.8 Å². The Morgan fingerprint density at radius 2 is 1.76 bits per heavy atom. The molecule has 0 aliphatic rings. The van der Waals surface area contributed by atoms with Crippen molar-refractivity contribution < 1.29 is 19.1 Å². The molecule has 2 N–H and O–H groups in total. The van der Waals surface area contributed by atoms with E-state index in [0.29, 0.717) is 41.1 Å². The molecule has 0 aliphatic carbocycles. The van der Waals surface area contributed by atoms with Gasteiger partial charge in [-0.3, -0.25) is 9.59 Å². The van der Waals surface area contributed by atoms with Crippen molar-refractivity contribution in [2.75, 3.05) is 31.3 Å². The van der Waals surface area contributed by atoms with Crippen LogP contribution in [-0.2, 0) is 17.0 Å². The van der Waals surface area contributed by atoms with Gasteiger partial charge in [-0.05, 0) is 55.3 Å². The van der Waals surface area contributed by atoms with Gasteiger partial charge in [0.1, 0.15) is 16.5 Å². The van der Waals surface area contributed by atoms with Gasteiger partial charge < -0.3 is 20.1 Å². The number of hydrogen-bond acceptors (Lipinski definition) is 8. The number of amides is 2. The smallest absolute Gasteiger partial charge is 0.286 e. The lowest BCUT2D eigenvalue weighted by atomic mass is 10.1.